The number of ether oxygens (including phenoxy) is 1. The smallest absolute Gasteiger partial charge is 0.306 e. The lowest BCUT2D eigenvalue weighted by molar-refractivity contribution is -0.147. The first-order valence-electron chi connectivity index (χ1n) is 10.6. The zero-order valence-corrected chi connectivity index (χ0v) is 18.8. The first kappa shape index (κ1) is 23.9. The van der Waals surface area contributed by atoms with Crippen molar-refractivity contribution in [1.82, 2.24) is 4.31 Å². The number of carbonyl (C=O) groups is 2. The maximum absolute atomic E-state index is 13.8. The van der Waals surface area contributed by atoms with Crippen molar-refractivity contribution in [3.05, 3.63) is 59.4 Å². The SMILES string of the molecule is Cc1ccc(NC(=O)COC(=O)CCc2ccc(S(=O)(=O)N3CCCCC3)cc2)c(F)c1. The standard InChI is InChI=1S/C23H27FN2O5S/c1-17-5-11-21(20(24)15-17)25-22(27)16-31-23(28)12-8-18-6-9-19(10-7-18)32(29,30)26-13-3-2-4-14-26/h5-7,9-11,15H,2-4,8,12-14,16H2,1H3,(H,25,27). The van der Waals surface area contributed by atoms with E-state index in [1.807, 2.05) is 0 Å². The summed E-state index contributed by atoms with van der Waals surface area (Å²) in [5.74, 6) is -1.77. The molecule has 1 fully saturated rings. The quantitative estimate of drug-likeness (QED) is 0.607. The molecule has 9 heteroatoms. The van der Waals surface area contributed by atoms with E-state index >= 15 is 0 Å². The highest BCUT2D eigenvalue weighted by Gasteiger charge is 2.25. The Morgan fingerprint density at radius 3 is 2.41 bits per heavy atom. The summed E-state index contributed by atoms with van der Waals surface area (Å²) < 4.78 is 45.6. The molecule has 32 heavy (non-hydrogen) atoms. The minimum atomic E-state index is -3.49. The van der Waals surface area contributed by atoms with Gasteiger partial charge in [0.25, 0.3) is 5.91 Å². The lowest BCUT2D eigenvalue weighted by atomic mass is 10.1. The lowest BCUT2D eigenvalue weighted by Crippen LogP contribution is -2.35. The molecule has 1 aliphatic heterocycles. The molecular formula is C23H27FN2O5S. The highest BCUT2D eigenvalue weighted by atomic mass is 32.2. The molecule has 0 unspecified atom stereocenters. The van der Waals surface area contributed by atoms with Gasteiger partial charge in [-0.05, 0) is 61.6 Å². The van der Waals surface area contributed by atoms with Crippen LogP contribution >= 0.6 is 0 Å². The van der Waals surface area contributed by atoms with Crippen molar-refractivity contribution >= 4 is 27.6 Å². The van der Waals surface area contributed by atoms with Crippen molar-refractivity contribution < 1.29 is 27.1 Å². The molecule has 172 valence electrons. The Kier molecular flexibility index (Phi) is 7.98. The van der Waals surface area contributed by atoms with E-state index in [1.54, 1.807) is 37.3 Å². The van der Waals surface area contributed by atoms with Crippen LogP contribution in [0.4, 0.5) is 10.1 Å². The Labute approximate surface area is 187 Å². The van der Waals surface area contributed by atoms with Crippen molar-refractivity contribution in [2.45, 2.75) is 43.9 Å². The van der Waals surface area contributed by atoms with E-state index < -0.39 is 34.3 Å². The van der Waals surface area contributed by atoms with Gasteiger partial charge in [0.05, 0.1) is 10.6 Å². The van der Waals surface area contributed by atoms with Crippen LogP contribution in [0, 0.1) is 12.7 Å². The van der Waals surface area contributed by atoms with Gasteiger partial charge in [-0.2, -0.15) is 4.31 Å². The van der Waals surface area contributed by atoms with Crippen LogP contribution in [0.25, 0.3) is 0 Å². The van der Waals surface area contributed by atoms with E-state index in [4.69, 9.17) is 4.74 Å². The van der Waals surface area contributed by atoms with E-state index in [-0.39, 0.29) is 17.0 Å². The number of carbonyl (C=O) groups excluding carboxylic acids is 2. The number of benzene rings is 2. The fraction of sp³-hybridized carbons (Fsp3) is 0.391. The second-order valence-electron chi connectivity index (χ2n) is 7.80. The van der Waals surface area contributed by atoms with Crippen LogP contribution in [-0.2, 0) is 30.8 Å². The number of sulfonamides is 1. The molecule has 1 amide bonds. The Bertz CT molecular complexity index is 1060. The third kappa shape index (κ3) is 6.37. The zero-order chi connectivity index (χ0) is 23.1. The summed E-state index contributed by atoms with van der Waals surface area (Å²) in [5, 5.41) is 2.36. The van der Waals surface area contributed by atoms with Gasteiger partial charge in [0.1, 0.15) is 5.82 Å². The third-order valence-electron chi connectivity index (χ3n) is 5.26. The van der Waals surface area contributed by atoms with Crippen molar-refractivity contribution in [2.24, 2.45) is 0 Å². The van der Waals surface area contributed by atoms with Crippen LogP contribution in [0.1, 0.15) is 36.8 Å². The number of aryl methyl sites for hydroxylation is 2. The molecule has 1 heterocycles. The van der Waals surface area contributed by atoms with Crippen molar-refractivity contribution in [3.8, 4) is 0 Å². The van der Waals surface area contributed by atoms with Crippen LogP contribution in [-0.4, -0.2) is 44.3 Å². The summed E-state index contributed by atoms with van der Waals surface area (Å²) in [5.41, 5.74) is 1.53. The van der Waals surface area contributed by atoms with E-state index in [1.165, 1.54) is 16.4 Å². The summed E-state index contributed by atoms with van der Waals surface area (Å²) in [6.07, 6.45) is 3.17. The number of halogens is 1. The first-order chi connectivity index (χ1) is 15.3. The Balaban J connectivity index is 1.45. The number of anilines is 1. The summed E-state index contributed by atoms with van der Waals surface area (Å²) in [6.45, 7) is 2.30. The number of hydrogen-bond donors (Lipinski definition) is 1. The summed E-state index contributed by atoms with van der Waals surface area (Å²) in [7, 11) is -3.49. The van der Waals surface area contributed by atoms with Gasteiger partial charge in [0.15, 0.2) is 6.61 Å². The van der Waals surface area contributed by atoms with E-state index in [0.717, 1.165) is 30.4 Å². The molecule has 1 N–H and O–H groups in total. The largest absolute Gasteiger partial charge is 0.456 e. The molecule has 2 aromatic carbocycles. The Morgan fingerprint density at radius 1 is 1.06 bits per heavy atom. The minimum absolute atomic E-state index is 0.0243. The average Bonchev–Trinajstić information content (AvgIpc) is 2.79. The normalized spacial score (nSPS) is 14.7. The highest BCUT2D eigenvalue weighted by Crippen LogP contribution is 2.21. The molecular weight excluding hydrogens is 435 g/mol. The second-order valence-corrected chi connectivity index (χ2v) is 9.74. The van der Waals surface area contributed by atoms with Gasteiger partial charge in [0, 0.05) is 19.5 Å². The number of hydrogen-bond acceptors (Lipinski definition) is 5. The Morgan fingerprint density at radius 2 is 1.75 bits per heavy atom. The fourth-order valence-corrected chi connectivity index (χ4v) is 4.97. The first-order valence-corrected chi connectivity index (χ1v) is 12.0. The molecule has 0 spiro atoms. The number of piperidine rings is 1. The van der Waals surface area contributed by atoms with E-state index in [2.05, 4.69) is 5.32 Å². The molecule has 3 rings (SSSR count). The number of amides is 1. The summed E-state index contributed by atoms with van der Waals surface area (Å²) in [4.78, 5) is 24.1. The predicted molar refractivity (Wildman–Crippen MR) is 118 cm³/mol. The van der Waals surface area contributed by atoms with E-state index in [0.29, 0.717) is 19.5 Å². The summed E-state index contributed by atoms with van der Waals surface area (Å²) in [6, 6.07) is 10.9. The molecule has 0 aliphatic carbocycles. The second kappa shape index (κ2) is 10.7. The van der Waals surface area contributed by atoms with Crippen molar-refractivity contribution in [2.75, 3.05) is 25.0 Å². The van der Waals surface area contributed by atoms with Gasteiger partial charge < -0.3 is 10.1 Å². The number of rotatable bonds is 8. The molecule has 0 aromatic heterocycles. The molecule has 7 nitrogen and oxygen atoms in total. The highest BCUT2D eigenvalue weighted by molar-refractivity contribution is 7.89. The molecule has 0 saturated carbocycles. The van der Waals surface area contributed by atoms with Crippen molar-refractivity contribution in [1.29, 1.82) is 0 Å². The van der Waals surface area contributed by atoms with Gasteiger partial charge in [-0.1, -0.05) is 24.6 Å². The molecule has 2 aromatic rings. The minimum Gasteiger partial charge on any atom is -0.456 e. The van der Waals surface area contributed by atoms with Crippen LogP contribution in [0.3, 0.4) is 0 Å². The van der Waals surface area contributed by atoms with Crippen LogP contribution < -0.4 is 5.32 Å². The molecule has 0 bridgehead atoms. The lowest BCUT2D eigenvalue weighted by Gasteiger charge is -2.25. The third-order valence-corrected chi connectivity index (χ3v) is 7.17. The van der Waals surface area contributed by atoms with Crippen molar-refractivity contribution in [3.63, 3.8) is 0 Å². The molecule has 0 atom stereocenters. The maximum atomic E-state index is 13.8. The van der Waals surface area contributed by atoms with Gasteiger partial charge in [0.2, 0.25) is 10.0 Å². The monoisotopic (exact) mass is 462 g/mol. The number of nitrogens with one attached hydrogen (secondary N) is 1. The van der Waals surface area contributed by atoms with Gasteiger partial charge in [-0.15, -0.1) is 0 Å². The van der Waals surface area contributed by atoms with Gasteiger partial charge >= 0.3 is 5.97 Å². The van der Waals surface area contributed by atoms with E-state index in [9.17, 15) is 22.4 Å². The molecule has 1 aliphatic rings. The van der Waals surface area contributed by atoms with Gasteiger partial charge in [-0.25, -0.2) is 12.8 Å². The number of nitrogens with zero attached hydrogens (tertiary/aromatic N) is 1. The Hall–Kier alpha value is -2.78. The topological polar surface area (TPSA) is 92.8 Å². The predicted octanol–water partition coefficient (Wildman–Crippen LogP) is 3.42. The van der Waals surface area contributed by atoms with Crippen LogP contribution in [0.15, 0.2) is 47.4 Å². The zero-order valence-electron chi connectivity index (χ0n) is 18.0. The molecule has 1 saturated heterocycles. The maximum Gasteiger partial charge on any atom is 0.306 e. The van der Waals surface area contributed by atoms with Gasteiger partial charge in [-0.3, -0.25) is 9.59 Å². The number of esters is 1. The van der Waals surface area contributed by atoms with Crippen LogP contribution in [0.2, 0.25) is 0 Å². The average molecular weight is 463 g/mol. The fourth-order valence-electron chi connectivity index (χ4n) is 3.45. The molecule has 0 radical (unpaired) electrons. The van der Waals surface area contributed by atoms with Crippen LogP contribution in [0.5, 0.6) is 0 Å². The summed E-state index contributed by atoms with van der Waals surface area (Å²) >= 11 is 0.